The Hall–Kier alpha value is -1.94. The number of halogens is 1. The van der Waals surface area contributed by atoms with Crippen LogP contribution < -0.4 is 5.32 Å². The molecule has 4 heteroatoms. The normalized spacial score (nSPS) is 10.8. The molecule has 0 aliphatic rings. The fourth-order valence-electron chi connectivity index (χ4n) is 2.09. The lowest BCUT2D eigenvalue weighted by molar-refractivity contribution is 1.21. The maximum Gasteiger partial charge on any atom is 0.141 e. The number of benzene rings is 2. The Morgan fingerprint density at radius 2 is 1.65 bits per heavy atom. The third kappa shape index (κ3) is 2.51. The van der Waals surface area contributed by atoms with Gasteiger partial charge in [-0.3, -0.25) is 0 Å². The molecule has 1 aromatic heterocycles. The molecule has 0 saturated heterocycles. The molecule has 0 atom stereocenters. The predicted octanol–water partition coefficient (Wildman–Crippen LogP) is 4.75. The second-order valence-corrected chi connectivity index (χ2v) is 5.72. The van der Waals surface area contributed by atoms with Crippen LogP contribution in [0.25, 0.3) is 10.9 Å². The van der Waals surface area contributed by atoms with Gasteiger partial charge in [0, 0.05) is 15.5 Å². The molecular formula is C16H14BrN3. The average Bonchev–Trinajstić information content (AvgIpc) is 2.43. The van der Waals surface area contributed by atoms with Crippen LogP contribution in [0.2, 0.25) is 0 Å². The molecule has 0 aliphatic heterocycles. The zero-order chi connectivity index (χ0) is 14.1. The quantitative estimate of drug-likeness (QED) is 0.737. The molecule has 3 rings (SSSR count). The van der Waals surface area contributed by atoms with Gasteiger partial charge in [0.1, 0.15) is 12.1 Å². The molecule has 0 amide bonds. The Bertz CT molecular complexity index is 767. The van der Waals surface area contributed by atoms with Crippen molar-refractivity contribution in [3.8, 4) is 0 Å². The molecule has 100 valence electrons. The summed E-state index contributed by atoms with van der Waals surface area (Å²) in [5.41, 5.74) is 4.45. The number of anilines is 2. The average molecular weight is 328 g/mol. The second-order valence-electron chi connectivity index (χ2n) is 4.81. The lowest BCUT2D eigenvalue weighted by Crippen LogP contribution is -1.96. The van der Waals surface area contributed by atoms with Crippen LogP contribution in [0.1, 0.15) is 11.1 Å². The molecule has 0 bridgehead atoms. The SMILES string of the molecule is Cc1cc2ncnc(Nc3ccc(Br)cc3)c2cc1C. The standard InChI is InChI=1S/C16H14BrN3/c1-10-7-14-15(8-11(10)2)18-9-19-16(14)20-13-5-3-12(17)4-6-13/h3-9H,1-2H3,(H,18,19,20). The number of nitrogens with zero attached hydrogens (tertiary/aromatic N) is 2. The highest BCUT2D eigenvalue weighted by Crippen LogP contribution is 2.26. The number of rotatable bonds is 2. The van der Waals surface area contributed by atoms with Gasteiger partial charge in [-0.2, -0.15) is 0 Å². The Morgan fingerprint density at radius 1 is 0.950 bits per heavy atom. The van der Waals surface area contributed by atoms with Crippen LogP contribution in [-0.2, 0) is 0 Å². The number of aromatic nitrogens is 2. The maximum absolute atomic E-state index is 4.36. The van der Waals surface area contributed by atoms with Crippen molar-refractivity contribution < 1.29 is 0 Å². The van der Waals surface area contributed by atoms with Crippen molar-refractivity contribution in [1.82, 2.24) is 9.97 Å². The van der Waals surface area contributed by atoms with E-state index in [0.29, 0.717) is 0 Å². The van der Waals surface area contributed by atoms with Crippen molar-refractivity contribution in [3.05, 3.63) is 58.3 Å². The van der Waals surface area contributed by atoms with Gasteiger partial charge in [-0.25, -0.2) is 9.97 Å². The first-order chi connectivity index (χ1) is 9.63. The van der Waals surface area contributed by atoms with Crippen LogP contribution in [0.4, 0.5) is 11.5 Å². The molecule has 0 spiro atoms. The molecule has 0 unspecified atom stereocenters. The van der Waals surface area contributed by atoms with E-state index in [0.717, 1.165) is 26.9 Å². The monoisotopic (exact) mass is 327 g/mol. The zero-order valence-corrected chi connectivity index (χ0v) is 12.9. The summed E-state index contributed by atoms with van der Waals surface area (Å²) in [6.45, 7) is 4.20. The summed E-state index contributed by atoms with van der Waals surface area (Å²) < 4.78 is 1.06. The molecule has 2 aromatic carbocycles. The zero-order valence-electron chi connectivity index (χ0n) is 11.3. The molecule has 0 aliphatic carbocycles. The Kier molecular flexibility index (Phi) is 3.40. The third-order valence-electron chi connectivity index (χ3n) is 3.36. The molecular weight excluding hydrogens is 314 g/mol. The molecule has 20 heavy (non-hydrogen) atoms. The van der Waals surface area contributed by atoms with Crippen molar-refractivity contribution in [3.63, 3.8) is 0 Å². The summed E-state index contributed by atoms with van der Waals surface area (Å²) in [5.74, 6) is 0.834. The van der Waals surface area contributed by atoms with E-state index < -0.39 is 0 Å². The van der Waals surface area contributed by atoms with E-state index in [9.17, 15) is 0 Å². The van der Waals surface area contributed by atoms with Crippen LogP contribution >= 0.6 is 15.9 Å². The predicted molar refractivity (Wildman–Crippen MR) is 86.4 cm³/mol. The minimum absolute atomic E-state index is 0.834. The van der Waals surface area contributed by atoms with Gasteiger partial charge in [-0.05, 0) is 61.4 Å². The number of aryl methyl sites for hydroxylation is 2. The van der Waals surface area contributed by atoms with Gasteiger partial charge in [0.15, 0.2) is 0 Å². The number of hydrogen-bond acceptors (Lipinski definition) is 3. The van der Waals surface area contributed by atoms with Crippen molar-refractivity contribution in [2.45, 2.75) is 13.8 Å². The first-order valence-electron chi connectivity index (χ1n) is 6.38. The van der Waals surface area contributed by atoms with E-state index >= 15 is 0 Å². The Balaban J connectivity index is 2.07. The minimum atomic E-state index is 0.834. The first kappa shape index (κ1) is 13.1. The molecule has 0 radical (unpaired) electrons. The highest BCUT2D eigenvalue weighted by Gasteiger charge is 2.06. The minimum Gasteiger partial charge on any atom is -0.340 e. The van der Waals surface area contributed by atoms with Crippen molar-refractivity contribution >= 4 is 38.3 Å². The molecule has 0 saturated carbocycles. The number of fused-ring (bicyclic) bond motifs is 1. The van der Waals surface area contributed by atoms with Crippen LogP contribution in [0.15, 0.2) is 47.2 Å². The van der Waals surface area contributed by atoms with Crippen LogP contribution in [-0.4, -0.2) is 9.97 Å². The lowest BCUT2D eigenvalue weighted by atomic mass is 10.1. The Labute approximate surface area is 126 Å². The van der Waals surface area contributed by atoms with Gasteiger partial charge in [-0.15, -0.1) is 0 Å². The van der Waals surface area contributed by atoms with Crippen LogP contribution in [0.5, 0.6) is 0 Å². The Morgan fingerprint density at radius 3 is 2.40 bits per heavy atom. The fraction of sp³-hybridized carbons (Fsp3) is 0.125. The van der Waals surface area contributed by atoms with Crippen molar-refractivity contribution in [1.29, 1.82) is 0 Å². The van der Waals surface area contributed by atoms with E-state index in [2.05, 4.69) is 57.2 Å². The van der Waals surface area contributed by atoms with Crippen LogP contribution in [0.3, 0.4) is 0 Å². The van der Waals surface area contributed by atoms with E-state index in [4.69, 9.17) is 0 Å². The smallest absolute Gasteiger partial charge is 0.141 e. The largest absolute Gasteiger partial charge is 0.340 e. The summed E-state index contributed by atoms with van der Waals surface area (Å²) in [6, 6.07) is 12.3. The summed E-state index contributed by atoms with van der Waals surface area (Å²) >= 11 is 3.43. The van der Waals surface area contributed by atoms with E-state index in [1.54, 1.807) is 6.33 Å². The molecule has 0 fully saturated rings. The second kappa shape index (κ2) is 5.21. The fourth-order valence-corrected chi connectivity index (χ4v) is 2.35. The van der Waals surface area contributed by atoms with Gasteiger partial charge < -0.3 is 5.32 Å². The van der Waals surface area contributed by atoms with E-state index in [-0.39, 0.29) is 0 Å². The van der Waals surface area contributed by atoms with Crippen LogP contribution in [0, 0.1) is 13.8 Å². The summed E-state index contributed by atoms with van der Waals surface area (Å²) in [7, 11) is 0. The highest BCUT2D eigenvalue weighted by atomic mass is 79.9. The molecule has 3 nitrogen and oxygen atoms in total. The van der Waals surface area contributed by atoms with Gasteiger partial charge in [0.2, 0.25) is 0 Å². The lowest BCUT2D eigenvalue weighted by Gasteiger charge is -2.10. The molecule has 1 heterocycles. The summed E-state index contributed by atoms with van der Waals surface area (Å²) in [6.07, 6.45) is 1.60. The summed E-state index contributed by atoms with van der Waals surface area (Å²) in [5, 5.41) is 4.39. The van der Waals surface area contributed by atoms with Crippen molar-refractivity contribution in [2.24, 2.45) is 0 Å². The van der Waals surface area contributed by atoms with E-state index in [1.165, 1.54) is 11.1 Å². The third-order valence-corrected chi connectivity index (χ3v) is 3.89. The van der Waals surface area contributed by atoms with Gasteiger partial charge >= 0.3 is 0 Å². The van der Waals surface area contributed by atoms with Gasteiger partial charge in [0.05, 0.1) is 5.52 Å². The van der Waals surface area contributed by atoms with Gasteiger partial charge in [-0.1, -0.05) is 15.9 Å². The molecule has 3 aromatic rings. The first-order valence-corrected chi connectivity index (χ1v) is 7.17. The molecule has 1 N–H and O–H groups in total. The van der Waals surface area contributed by atoms with E-state index in [1.807, 2.05) is 24.3 Å². The van der Waals surface area contributed by atoms with Gasteiger partial charge in [0.25, 0.3) is 0 Å². The number of hydrogen-bond donors (Lipinski definition) is 1. The van der Waals surface area contributed by atoms with Crippen molar-refractivity contribution in [2.75, 3.05) is 5.32 Å². The number of nitrogens with one attached hydrogen (secondary N) is 1. The summed E-state index contributed by atoms with van der Waals surface area (Å²) in [4.78, 5) is 8.70. The topological polar surface area (TPSA) is 37.8 Å². The maximum atomic E-state index is 4.36. The highest BCUT2D eigenvalue weighted by molar-refractivity contribution is 9.10.